The molecule has 0 radical (unpaired) electrons. The second-order valence-corrected chi connectivity index (χ2v) is 4.69. The van der Waals surface area contributed by atoms with Crippen molar-refractivity contribution >= 4 is 5.90 Å². The standard InChI is InChI=1S/C14H22FN3O/c1-9-6-5-7-12(14(9)15)19-13(17-4)8-10(2)11(3)18-16/h5,7-9,11,18H,6,16H2,1-4H3/b10-8-,17-13+. The van der Waals surface area contributed by atoms with E-state index < -0.39 is 0 Å². The van der Waals surface area contributed by atoms with Gasteiger partial charge in [-0.2, -0.15) is 0 Å². The summed E-state index contributed by atoms with van der Waals surface area (Å²) in [6, 6.07) is -0.00000178. The lowest BCUT2D eigenvalue weighted by molar-refractivity contribution is 0.368. The highest BCUT2D eigenvalue weighted by Crippen LogP contribution is 2.26. The molecule has 0 aliphatic heterocycles. The number of hydrogen-bond donors (Lipinski definition) is 2. The van der Waals surface area contributed by atoms with Crippen LogP contribution in [0.15, 0.2) is 40.4 Å². The van der Waals surface area contributed by atoms with Gasteiger partial charge in [0.1, 0.15) is 5.83 Å². The van der Waals surface area contributed by atoms with E-state index in [-0.39, 0.29) is 23.5 Å². The van der Waals surface area contributed by atoms with Gasteiger partial charge in [-0.3, -0.25) is 16.3 Å². The molecule has 0 saturated heterocycles. The molecule has 0 spiro atoms. The summed E-state index contributed by atoms with van der Waals surface area (Å²) in [5.74, 6) is 5.58. The van der Waals surface area contributed by atoms with E-state index in [4.69, 9.17) is 10.6 Å². The first-order valence-electron chi connectivity index (χ1n) is 6.34. The number of hydrogen-bond acceptors (Lipinski definition) is 4. The zero-order chi connectivity index (χ0) is 14.4. The van der Waals surface area contributed by atoms with Crippen LogP contribution in [-0.4, -0.2) is 19.0 Å². The van der Waals surface area contributed by atoms with Crippen molar-refractivity contribution in [2.24, 2.45) is 16.8 Å². The smallest absolute Gasteiger partial charge is 0.214 e. The van der Waals surface area contributed by atoms with E-state index in [0.717, 1.165) is 5.57 Å². The van der Waals surface area contributed by atoms with E-state index in [1.807, 2.05) is 26.8 Å². The van der Waals surface area contributed by atoms with Crippen LogP contribution in [0.1, 0.15) is 27.2 Å². The Morgan fingerprint density at radius 1 is 1.68 bits per heavy atom. The van der Waals surface area contributed by atoms with Crippen molar-refractivity contribution in [2.45, 2.75) is 33.2 Å². The lowest BCUT2D eigenvalue weighted by Crippen LogP contribution is -2.33. The van der Waals surface area contributed by atoms with Crippen LogP contribution >= 0.6 is 0 Å². The van der Waals surface area contributed by atoms with Crippen molar-refractivity contribution in [3.05, 3.63) is 35.4 Å². The molecule has 3 N–H and O–H groups in total. The number of hydrazine groups is 1. The van der Waals surface area contributed by atoms with Gasteiger partial charge < -0.3 is 4.74 Å². The summed E-state index contributed by atoms with van der Waals surface area (Å²) in [4.78, 5) is 4.01. The van der Waals surface area contributed by atoms with Crippen LogP contribution in [0.5, 0.6) is 0 Å². The van der Waals surface area contributed by atoms with E-state index in [2.05, 4.69) is 10.4 Å². The van der Waals surface area contributed by atoms with Crippen LogP contribution in [0.3, 0.4) is 0 Å². The molecule has 0 bridgehead atoms. The molecule has 19 heavy (non-hydrogen) atoms. The van der Waals surface area contributed by atoms with Crippen LogP contribution in [-0.2, 0) is 4.74 Å². The third-order valence-corrected chi connectivity index (χ3v) is 3.15. The summed E-state index contributed by atoms with van der Waals surface area (Å²) >= 11 is 0. The molecule has 0 aromatic rings. The van der Waals surface area contributed by atoms with E-state index in [9.17, 15) is 4.39 Å². The summed E-state index contributed by atoms with van der Waals surface area (Å²) in [6.07, 6.45) is 5.99. The lowest BCUT2D eigenvalue weighted by atomic mass is 10.0. The minimum absolute atomic E-state index is 0.00000178. The fourth-order valence-corrected chi connectivity index (χ4v) is 1.59. The third kappa shape index (κ3) is 4.29. The second-order valence-electron chi connectivity index (χ2n) is 4.69. The monoisotopic (exact) mass is 267 g/mol. The van der Waals surface area contributed by atoms with Crippen molar-refractivity contribution < 1.29 is 9.13 Å². The predicted molar refractivity (Wildman–Crippen MR) is 76.0 cm³/mol. The summed E-state index contributed by atoms with van der Waals surface area (Å²) in [5.41, 5.74) is 3.59. The minimum atomic E-state index is -0.236. The van der Waals surface area contributed by atoms with Gasteiger partial charge in [-0.05, 0) is 26.3 Å². The summed E-state index contributed by atoms with van der Waals surface area (Å²) in [6.45, 7) is 5.65. The van der Waals surface area contributed by atoms with E-state index in [1.54, 1.807) is 19.2 Å². The largest absolute Gasteiger partial charge is 0.437 e. The van der Waals surface area contributed by atoms with Crippen LogP contribution in [0.2, 0.25) is 0 Å². The molecule has 0 heterocycles. The maximum Gasteiger partial charge on any atom is 0.214 e. The molecule has 1 aliphatic carbocycles. The van der Waals surface area contributed by atoms with Crippen LogP contribution in [0.4, 0.5) is 4.39 Å². The van der Waals surface area contributed by atoms with E-state index in [1.165, 1.54) is 0 Å². The molecular formula is C14H22FN3O. The first-order chi connectivity index (χ1) is 8.99. The Morgan fingerprint density at radius 2 is 2.37 bits per heavy atom. The normalized spacial score (nSPS) is 22.7. The molecule has 0 aromatic carbocycles. The van der Waals surface area contributed by atoms with Gasteiger partial charge in [-0.15, -0.1) is 0 Å². The Morgan fingerprint density at radius 3 is 2.95 bits per heavy atom. The van der Waals surface area contributed by atoms with Gasteiger partial charge >= 0.3 is 0 Å². The molecule has 0 aromatic heterocycles. The number of allylic oxidation sites excluding steroid dienone is 3. The molecule has 4 nitrogen and oxygen atoms in total. The highest BCUT2D eigenvalue weighted by molar-refractivity contribution is 5.89. The van der Waals surface area contributed by atoms with Crippen molar-refractivity contribution in [1.29, 1.82) is 0 Å². The SMILES string of the molecule is C/N=C(\C=C(\C)C(C)NN)OC1=C(F)C(C)CC=C1. The van der Waals surface area contributed by atoms with Gasteiger partial charge in [-0.25, -0.2) is 4.39 Å². The van der Waals surface area contributed by atoms with Crippen molar-refractivity contribution in [1.82, 2.24) is 5.43 Å². The molecule has 2 atom stereocenters. The zero-order valence-corrected chi connectivity index (χ0v) is 11.9. The molecular weight excluding hydrogens is 245 g/mol. The molecule has 0 saturated carbocycles. The Bertz CT molecular complexity index is 438. The van der Waals surface area contributed by atoms with Crippen molar-refractivity contribution in [3.63, 3.8) is 0 Å². The van der Waals surface area contributed by atoms with Gasteiger partial charge in [0, 0.05) is 25.1 Å². The fraction of sp³-hybridized carbons (Fsp3) is 0.500. The summed E-state index contributed by atoms with van der Waals surface area (Å²) < 4.78 is 19.4. The van der Waals surface area contributed by atoms with Gasteiger partial charge in [-0.1, -0.05) is 18.6 Å². The molecule has 0 fully saturated rings. The van der Waals surface area contributed by atoms with Gasteiger partial charge in [0.25, 0.3) is 0 Å². The topological polar surface area (TPSA) is 59.6 Å². The summed E-state index contributed by atoms with van der Waals surface area (Å²) in [7, 11) is 1.61. The highest BCUT2D eigenvalue weighted by atomic mass is 19.1. The molecule has 2 unspecified atom stereocenters. The summed E-state index contributed by atoms with van der Waals surface area (Å²) in [5, 5.41) is 0. The lowest BCUT2D eigenvalue weighted by Gasteiger charge is -2.17. The van der Waals surface area contributed by atoms with Crippen LogP contribution < -0.4 is 11.3 Å². The average molecular weight is 267 g/mol. The van der Waals surface area contributed by atoms with Gasteiger partial charge in [0.05, 0.1) is 0 Å². The van der Waals surface area contributed by atoms with Crippen LogP contribution in [0, 0.1) is 5.92 Å². The maximum atomic E-state index is 13.9. The molecule has 1 aliphatic rings. The first-order valence-corrected chi connectivity index (χ1v) is 6.34. The zero-order valence-electron chi connectivity index (χ0n) is 11.9. The number of aliphatic imine (C=N–C) groups is 1. The number of ether oxygens (including phenoxy) is 1. The van der Waals surface area contributed by atoms with Gasteiger partial charge in [0.2, 0.25) is 5.90 Å². The average Bonchev–Trinajstić information content (AvgIpc) is 2.41. The number of nitrogens with two attached hydrogens (primary N) is 1. The van der Waals surface area contributed by atoms with Crippen molar-refractivity contribution in [2.75, 3.05) is 7.05 Å². The molecule has 0 amide bonds. The minimum Gasteiger partial charge on any atom is -0.437 e. The van der Waals surface area contributed by atoms with E-state index in [0.29, 0.717) is 12.3 Å². The molecule has 5 heteroatoms. The number of rotatable bonds is 4. The fourth-order valence-electron chi connectivity index (χ4n) is 1.59. The Labute approximate surface area is 113 Å². The Hall–Kier alpha value is -1.46. The quantitative estimate of drug-likeness (QED) is 0.356. The Kier molecular flexibility index (Phi) is 5.92. The number of nitrogens with one attached hydrogen (secondary N) is 1. The van der Waals surface area contributed by atoms with Crippen molar-refractivity contribution in [3.8, 4) is 0 Å². The van der Waals surface area contributed by atoms with Gasteiger partial charge in [0.15, 0.2) is 5.76 Å². The number of halogens is 1. The van der Waals surface area contributed by atoms with Crippen LogP contribution in [0.25, 0.3) is 0 Å². The molecule has 1 rings (SSSR count). The maximum absolute atomic E-state index is 13.9. The van der Waals surface area contributed by atoms with E-state index >= 15 is 0 Å². The highest BCUT2D eigenvalue weighted by Gasteiger charge is 2.18. The predicted octanol–water partition coefficient (Wildman–Crippen LogP) is 2.61. The Balaban J connectivity index is 2.85. The number of nitrogens with zero attached hydrogens (tertiary/aromatic N) is 1. The molecule has 106 valence electrons. The third-order valence-electron chi connectivity index (χ3n) is 3.15. The second kappa shape index (κ2) is 7.21. The first kappa shape index (κ1) is 15.6.